The highest BCUT2D eigenvalue weighted by atomic mass is 32.2. The van der Waals surface area contributed by atoms with E-state index in [4.69, 9.17) is 9.52 Å². The van der Waals surface area contributed by atoms with Crippen LogP contribution in [-0.2, 0) is 14.8 Å². The molecule has 0 saturated heterocycles. The van der Waals surface area contributed by atoms with Crippen LogP contribution >= 0.6 is 0 Å². The van der Waals surface area contributed by atoms with Crippen LogP contribution in [0.4, 0.5) is 0 Å². The Balaban J connectivity index is 1.66. The van der Waals surface area contributed by atoms with Gasteiger partial charge in [-0.15, -0.1) is 0 Å². The molecule has 2 N–H and O–H groups in total. The molecule has 3 rings (SSSR count). The molecule has 2 aromatic rings. The molecule has 1 fully saturated rings. The Kier molecular flexibility index (Phi) is 4.68. The minimum Gasteiger partial charge on any atom is -0.481 e. The molecular weight excluding hydrogens is 332 g/mol. The predicted octanol–water partition coefficient (Wildman–Crippen LogP) is 2.26. The first-order valence-electron chi connectivity index (χ1n) is 7.70. The molecule has 7 nitrogen and oxygen atoms in total. The second kappa shape index (κ2) is 6.74. The van der Waals surface area contributed by atoms with Crippen LogP contribution in [0.2, 0.25) is 0 Å². The third-order valence-electron chi connectivity index (χ3n) is 4.28. The van der Waals surface area contributed by atoms with E-state index in [2.05, 4.69) is 9.71 Å². The molecule has 1 heterocycles. The molecule has 128 valence electrons. The number of hydrogen-bond acceptors (Lipinski definition) is 5. The summed E-state index contributed by atoms with van der Waals surface area (Å²) < 4.78 is 32.7. The fourth-order valence-electron chi connectivity index (χ4n) is 2.90. The van der Waals surface area contributed by atoms with Crippen molar-refractivity contribution in [3.05, 3.63) is 36.9 Å². The van der Waals surface area contributed by atoms with Gasteiger partial charge in [0.2, 0.25) is 10.0 Å². The maximum atomic E-state index is 12.5. The third kappa shape index (κ3) is 3.65. The molecule has 0 spiro atoms. The highest BCUT2D eigenvalue weighted by molar-refractivity contribution is 7.89. The zero-order valence-electron chi connectivity index (χ0n) is 12.9. The summed E-state index contributed by atoms with van der Waals surface area (Å²) in [7, 11) is -3.63. The van der Waals surface area contributed by atoms with E-state index < -0.39 is 16.0 Å². The minimum absolute atomic E-state index is 0.172. The monoisotopic (exact) mass is 350 g/mol. The number of nitrogens with zero attached hydrogens (tertiary/aromatic N) is 1. The third-order valence-corrected chi connectivity index (χ3v) is 5.82. The molecule has 1 saturated carbocycles. The van der Waals surface area contributed by atoms with Crippen molar-refractivity contribution in [2.45, 2.75) is 36.6 Å². The molecule has 0 amide bonds. The van der Waals surface area contributed by atoms with E-state index in [0.717, 1.165) is 5.56 Å². The lowest BCUT2D eigenvalue weighted by Gasteiger charge is -2.26. The summed E-state index contributed by atoms with van der Waals surface area (Å²) in [6.07, 6.45) is 4.93. The number of sulfonamides is 1. The number of aromatic nitrogens is 1. The zero-order valence-corrected chi connectivity index (χ0v) is 13.7. The van der Waals surface area contributed by atoms with Gasteiger partial charge in [-0.3, -0.25) is 4.79 Å². The average molecular weight is 350 g/mol. The summed E-state index contributed by atoms with van der Waals surface area (Å²) in [6.45, 7) is 0. The second-order valence-electron chi connectivity index (χ2n) is 5.90. The first-order chi connectivity index (χ1) is 11.5. The first-order valence-corrected chi connectivity index (χ1v) is 9.18. The van der Waals surface area contributed by atoms with Gasteiger partial charge in [0.05, 0.1) is 17.0 Å². The highest BCUT2D eigenvalue weighted by Crippen LogP contribution is 2.26. The van der Waals surface area contributed by atoms with E-state index in [-0.39, 0.29) is 16.9 Å². The largest absolute Gasteiger partial charge is 0.481 e. The van der Waals surface area contributed by atoms with E-state index in [0.29, 0.717) is 31.4 Å². The number of oxazole rings is 1. The minimum atomic E-state index is -3.63. The Morgan fingerprint density at radius 1 is 1.17 bits per heavy atom. The van der Waals surface area contributed by atoms with Crippen molar-refractivity contribution in [3.63, 3.8) is 0 Å². The van der Waals surface area contributed by atoms with Crippen LogP contribution in [0.3, 0.4) is 0 Å². The molecule has 0 atom stereocenters. The molecule has 0 unspecified atom stereocenters. The Morgan fingerprint density at radius 2 is 1.83 bits per heavy atom. The summed E-state index contributed by atoms with van der Waals surface area (Å²) in [5, 5.41) is 8.99. The number of nitrogens with one attached hydrogen (secondary N) is 1. The number of carboxylic acid groups (broad SMARTS) is 1. The molecule has 1 aromatic carbocycles. The molecule has 1 aromatic heterocycles. The highest BCUT2D eigenvalue weighted by Gasteiger charge is 2.28. The van der Waals surface area contributed by atoms with Crippen molar-refractivity contribution < 1.29 is 22.7 Å². The van der Waals surface area contributed by atoms with Crippen molar-refractivity contribution in [2.75, 3.05) is 0 Å². The Hall–Kier alpha value is -2.19. The van der Waals surface area contributed by atoms with Crippen LogP contribution in [0.1, 0.15) is 25.7 Å². The fraction of sp³-hybridized carbons (Fsp3) is 0.375. The summed E-state index contributed by atoms with van der Waals surface area (Å²) in [5.74, 6) is -0.606. The van der Waals surface area contributed by atoms with Gasteiger partial charge in [0, 0.05) is 11.6 Å². The van der Waals surface area contributed by atoms with Gasteiger partial charge >= 0.3 is 5.97 Å². The molecule has 0 radical (unpaired) electrons. The van der Waals surface area contributed by atoms with Gasteiger partial charge in [-0.05, 0) is 49.9 Å². The number of hydrogen-bond donors (Lipinski definition) is 2. The van der Waals surface area contributed by atoms with Gasteiger partial charge in [-0.2, -0.15) is 0 Å². The van der Waals surface area contributed by atoms with Crippen LogP contribution in [0.25, 0.3) is 11.3 Å². The number of rotatable bonds is 5. The van der Waals surface area contributed by atoms with Crippen LogP contribution in [0, 0.1) is 5.92 Å². The van der Waals surface area contributed by atoms with Crippen molar-refractivity contribution >= 4 is 16.0 Å². The Morgan fingerprint density at radius 3 is 2.38 bits per heavy atom. The van der Waals surface area contributed by atoms with Crippen molar-refractivity contribution in [1.29, 1.82) is 0 Å². The average Bonchev–Trinajstić information content (AvgIpc) is 3.09. The maximum Gasteiger partial charge on any atom is 0.306 e. The van der Waals surface area contributed by atoms with Crippen molar-refractivity contribution in [2.24, 2.45) is 5.92 Å². The molecule has 1 aliphatic carbocycles. The molecule has 0 aliphatic heterocycles. The summed E-state index contributed by atoms with van der Waals surface area (Å²) in [6, 6.07) is 6.14. The quantitative estimate of drug-likeness (QED) is 0.856. The van der Waals surface area contributed by atoms with E-state index >= 15 is 0 Å². The normalized spacial score (nSPS) is 21.5. The smallest absolute Gasteiger partial charge is 0.306 e. The molecule has 1 aliphatic rings. The lowest BCUT2D eigenvalue weighted by molar-refractivity contribution is -0.142. The van der Waals surface area contributed by atoms with E-state index in [1.54, 1.807) is 18.3 Å². The predicted molar refractivity (Wildman–Crippen MR) is 85.6 cm³/mol. The number of carboxylic acids is 1. The van der Waals surface area contributed by atoms with E-state index in [1.807, 2.05) is 0 Å². The molecule has 8 heteroatoms. The van der Waals surface area contributed by atoms with Gasteiger partial charge in [0.1, 0.15) is 0 Å². The lowest BCUT2D eigenvalue weighted by Crippen LogP contribution is -2.38. The van der Waals surface area contributed by atoms with Gasteiger partial charge in [-0.1, -0.05) is 0 Å². The summed E-state index contributed by atoms with van der Waals surface area (Å²) in [4.78, 5) is 14.9. The van der Waals surface area contributed by atoms with E-state index in [1.165, 1.54) is 18.5 Å². The number of aliphatic carboxylic acids is 1. The van der Waals surface area contributed by atoms with Crippen LogP contribution in [0.5, 0.6) is 0 Å². The molecule has 24 heavy (non-hydrogen) atoms. The number of benzene rings is 1. The van der Waals surface area contributed by atoms with Gasteiger partial charge < -0.3 is 9.52 Å². The Labute approximate surface area is 139 Å². The number of carbonyl (C=O) groups is 1. The standard InChI is InChI=1S/C16H18N2O5S/c19-16(20)12-1-5-13(6-2-12)18-24(21,22)14-7-3-11(4-8-14)15-9-17-10-23-15/h3-4,7-10,12-13,18H,1-2,5-6H2,(H,19,20)/t12-,13-. The zero-order chi connectivity index (χ0) is 17.2. The van der Waals surface area contributed by atoms with Gasteiger partial charge in [0.25, 0.3) is 0 Å². The maximum absolute atomic E-state index is 12.5. The second-order valence-corrected chi connectivity index (χ2v) is 7.61. The van der Waals surface area contributed by atoms with Crippen LogP contribution in [0.15, 0.2) is 46.2 Å². The molecule has 0 bridgehead atoms. The first kappa shape index (κ1) is 16.7. The lowest BCUT2D eigenvalue weighted by atomic mass is 9.87. The topological polar surface area (TPSA) is 110 Å². The summed E-state index contributed by atoms with van der Waals surface area (Å²) in [5.41, 5.74) is 0.744. The van der Waals surface area contributed by atoms with Crippen molar-refractivity contribution in [3.8, 4) is 11.3 Å². The van der Waals surface area contributed by atoms with Crippen LogP contribution < -0.4 is 4.72 Å². The fourth-order valence-corrected chi connectivity index (χ4v) is 4.21. The van der Waals surface area contributed by atoms with Crippen LogP contribution in [-0.4, -0.2) is 30.5 Å². The Bertz CT molecular complexity index is 792. The summed E-state index contributed by atoms with van der Waals surface area (Å²) >= 11 is 0. The van der Waals surface area contributed by atoms with Gasteiger partial charge in [0.15, 0.2) is 12.2 Å². The van der Waals surface area contributed by atoms with Crippen molar-refractivity contribution in [1.82, 2.24) is 9.71 Å². The van der Waals surface area contributed by atoms with Gasteiger partial charge in [-0.25, -0.2) is 18.1 Å². The SMILES string of the molecule is O=C(O)[C@H]1CC[C@H](NS(=O)(=O)c2ccc(-c3cnco3)cc2)CC1. The molecular formula is C16H18N2O5S. The van der Waals surface area contributed by atoms with E-state index in [9.17, 15) is 13.2 Å².